The quantitative estimate of drug-likeness (QED) is 0.252. The zero-order chi connectivity index (χ0) is 24.1. The van der Waals surface area contributed by atoms with Gasteiger partial charge in [-0.15, -0.1) is 24.0 Å². The number of halogens is 1. The number of amides is 2. The molecule has 2 amide bonds. The summed E-state index contributed by atoms with van der Waals surface area (Å²) in [5.74, 6) is 0.695. The van der Waals surface area contributed by atoms with Crippen LogP contribution in [0.25, 0.3) is 0 Å². The van der Waals surface area contributed by atoms with Crippen molar-refractivity contribution >= 4 is 41.9 Å². The molecular weight excluding hydrogens is 533 g/mol. The Morgan fingerprint density at radius 1 is 1.09 bits per heavy atom. The fourth-order valence-corrected chi connectivity index (χ4v) is 2.96. The van der Waals surface area contributed by atoms with E-state index in [1.807, 2.05) is 58.9 Å². The molecule has 0 unspecified atom stereocenters. The SMILES string of the molecule is CCCN(CCNC(=NCCc1cccc(C(=O)N(C)C)c1)NCC)C(=O)OC(C)(C)C.I. The molecule has 1 rings (SSSR count). The van der Waals surface area contributed by atoms with E-state index in [0.717, 1.165) is 24.9 Å². The Labute approximate surface area is 216 Å². The Hall–Kier alpha value is -2.04. The minimum Gasteiger partial charge on any atom is -0.444 e. The second kappa shape index (κ2) is 15.7. The minimum absolute atomic E-state index is 0. The Morgan fingerprint density at radius 3 is 2.36 bits per heavy atom. The van der Waals surface area contributed by atoms with Gasteiger partial charge in [0.15, 0.2) is 5.96 Å². The second-order valence-electron chi connectivity index (χ2n) is 8.80. The third-order valence-electron chi connectivity index (χ3n) is 4.41. The summed E-state index contributed by atoms with van der Waals surface area (Å²) in [7, 11) is 3.50. The van der Waals surface area contributed by atoms with Crippen molar-refractivity contribution in [1.29, 1.82) is 0 Å². The molecule has 2 N–H and O–H groups in total. The van der Waals surface area contributed by atoms with Crippen molar-refractivity contribution in [3.05, 3.63) is 35.4 Å². The summed E-state index contributed by atoms with van der Waals surface area (Å²) < 4.78 is 5.50. The standard InChI is InChI=1S/C24H41N5O3.HI/c1-8-16-29(23(31)32-24(3,4)5)17-15-27-22(25-9-2)26-14-13-19-11-10-12-20(18-19)21(30)28(6)7;/h10-12,18H,8-9,13-17H2,1-7H3,(H2,25,26,27);1H. The maximum atomic E-state index is 12.4. The summed E-state index contributed by atoms with van der Waals surface area (Å²) in [4.78, 5) is 32.5. The number of hydrogen-bond donors (Lipinski definition) is 2. The lowest BCUT2D eigenvalue weighted by Crippen LogP contribution is -2.44. The fraction of sp³-hybridized carbons (Fsp3) is 0.625. The van der Waals surface area contributed by atoms with Gasteiger partial charge in [-0.2, -0.15) is 0 Å². The van der Waals surface area contributed by atoms with Gasteiger partial charge in [0.2, 0.25) is 0 Å². The van der Waals surface area contributed by atoms with Gasteiger partial charge in [-0.05, 0) is 58.2 Å². The highest BCUT2D eigenvalue weighted by Gasteiger charge is 2.21. The van der Waals surface area contributed by atoms with E-state index >= 15 is 0 Å². The van der Waals surface area contributed by atoms with Crippen molar-refractivity contribution < 1.29 is 14.3 Å². The van der Waals surface area contributed by atoms with Crippen LogP contribution in [0.15, 0.2) is 29.3 Å². The average molecular weight is 576 g/mol. The van der Waals surface area contributed by atoms with Crippen molar-refractivity contribution in [3.63, 3.8) is 0 Å². The lowest BCUT2D eigenvalue weighted by molar-refractivity contribution is 0.0253. The Balaban J connectivity index is 0.0000102. The van der Waals surface area contributed by atoms with Crippen molar-refractivity contribution in [3.8, 4) is 0 Å². The summed E-state index contributed by atoms with van der Waals surface area (Å²) in [6.07, 6.45) is 1.29. The van der Waals surface area contributed by atoms with Gasteiger partial charge in [-0.3, -0.25) is 9.79 Å². The van der Waals surface area contributed by atoms with Gasteiger partial charge in [0.25, 0.3) is 5.91 Å². The van der Waals surface area contributed by atoms with E-state index in [9.17, 15) is 9.59 Å². The molecule has 0 atom stereocenters. The topological polar surface area (TPSA) is 86.3 Å². The van der Waals surface area contributed by atoms with E-state index in [2.05, 4.69) is 15.6 Å². The van der Waals surface area contributed by atoms with E-state index in [0.29, 0.717) is 37.7 Å². The summed E-state index contributed by atoms with van der Waals surface area (Å²) in [6.45, 7) is 12.7. The number of hydrogen-bond acceptors (Lipinski definition) is 4. The molecule has 0 heterocycles. The van der Waals surface area contributed by atoms with Gasteiger partial charge in [0.1, 0.15) is 5.60 Å². The lowest BCUT2D eigenvalue weighted by Gasteiger charge is -2.27. The average Bonchev–Trinajstić information content (AvgIpc) is 2.71. The predicted molar refractivity (Wildman–Crippen MR) is 146 cm³/mol. The normalized spacial score (nSPS) is 11.3. The van der Waals surface area contributed by atoms with Gasteiger partial charge >= 0.3 is 6.09 Å². The molecule has 0 bridgehead atoms. The summed E-state index contributed by atoms with van der Waals surface area (Å²) in [6, 6.07) is 7.65. The van der Waals surface area contributed by atoms with E-state index in [4.69, 9.17) is 4.74 Å². The minimum atomic E-state index is -0.513. The largest absolute Gasteiger partial charge is 0.444 e. The van der Waals surface area contributed by atoms with Gasteiger partial charge < -0.3 is 25.2 Å². The van der Waals surface area contributed by atoms with E-state index < -0.39 is 5.60 Å². The van der Waals surface area contributed by atoms with Crippen LogP contribution in [0, 0.1) is 0 Å². The van der Waals surface area contributed by atoms with Crippen molar-refractivity contribution in [1.82, 2.24) is 20.4 Å². The third-order valence-corrected chi connectivity index (χ3v) is 4.41. The summed E-state index contributed by atoms with van der Waals surface area (Å²) in [5.41, 5.74) is 1.23. The smallest absolute Gasteiger partial charge is 0.410 e. The lowest BCUT2D eigenvalue weighted by atomic mass is 10.1. The van der Waals surface area contributed by atoms with Gasteiger partial charge in [-0.1, -0.05) is 19.1 Å². The van der Waals surface area contributed by atoms with Gasteiger partial charge in [0, 0.05) is 52.4 Å². The molecule has 1 aromatic rings. The molecule has 9 heteroatoms. The van der Waals surface area contributed by atoms with Crippen molar-refractivity contribution in [2.45, 2.75) is 53.1 Å². The number of nitrogens with one attached hydrogen (secondary N) is 2. The number of benzene rings is 1. The molecule has 1 aromatic carbocycles. The molecule has 33 heavy (non-hydrogen) atoms. The number of aliphatic imine (C=N–C) groups is 1. The first kappa shape index (κ1) is 31.0. The summed E-state index contributed by atoms with van der Waals surface area (Å²) in [5, 5.41) is 6.52. The molecule has 0 spiro atoms. The summed E-state index contributed by atoms with van der Waals surface area (Å²) >= 11 is 0. The number of rotatable bonds is 10. The number of carbonyl (C=O) groups is 2. The zero-order valence-corrected chi connectivity index (χ0v) is 23.6. The third kappa shape index (κ3) is 12.7. The molecule has 0 aliphatic heterocycles. The van der Waals surface area contributed by atoms with Crippen LogP contribution in [0.3, 0.4) is 0 Å². The molecule has 0 saturated carbocycles. The molecule has 0 saturated heterocycles. The molecule has 0 aromatic heterocycles. The van der Waals surface area contributed by atoms with Crippen LogP contribution < -0.4 is 10.6 Å². The number of guanidine groups is 1. The molecule has 0 fully saturated rings. The van der Waals surface area contributed by atoms with Crippen LogP contribution in [0.1, 0.15) is 57.0 Å². The number of carbonyl (C=O) groups excluding carboxylic acids is 2. The highest BCUT2D eigenvalue weighted by Crippen LogP contribution is 2.10. The van der Waals surface area contributed by atoms with E-state index in [1.54, 1.807) is 23.9 Å². The highest BCUT2D eigenvalue weighted by atomic mass is 127. The molecule has 8 nitrogen and oxygen atoms in total. The Kier molecular flexibility index (Phi) is 14.8. The second-order valence-corrected chi connectivity index (χ2v) is 8.80. The van der Waals surface area contributed by atoms with E-state index in [-0.39, 0.29) is 36.0 Å². The molecule has 0 aliphatic carbocycles. The zero-order valence-electron chi connectivity index (χ0n) is 21.2. The monoisotopic (exact) mass is 575 g/mol. The van der Waals surface area contributed by atoms with Crippen LogP contribution in [0.5, 0.6) is 0 Å². The van der Waals surface area contributed by atoms with Crippen LogP contribution in [-0.4, -0.2) is 80.2 Å². The maximum Gasteiger partial charge on any atom is 0.410 e. The highest BCUT2D eigenvalue weighted by molar-refractivity contribution is 14.0. The first-order valence-electron chi connectivity index (χ1n) is 11.4. The number of nitrogens with zero attached hydrogens (tertiary/aromatic N) is 3. The van der Waals surface area contributed by atoms with Crippen LogP contribution >= 0.6 is 24.0 Å². The predicted octanol–water partition coefficient (Wildman–Crippen LogP) is 3.75. The Morgan fingerprint density at radius 2 is 1.79 bits per heavy atom. The Bertz CT molecular complexity index is 763. The van der Waals surface area contributed by atoms with Gasteiger partial charge in [-0.25, -0.2) is 4.79 Å². The maximum absolute atomic E-state index is 12.4. The van der Waals surface area contributed by atoms with Gasteiger partial charge in [0.05, 0.1) is 0 Å². The number of ether oxygens (including phenoxy) is 1. The molecular formula is C24H42IN5O3. The first-order valence-corrected chi connectivity index (χ1v) is 11.4. The first-order chi connectivity index (χ1) is 15.1. The van der Waals surface area contributed by atoms with E-state index in [1.165, 1.54) is 0 Å². The molecule has 0 radical (unpaired) electrons. The fourth-order valence-electron chi connectivity index (χ4n) is 2.96. The van der Waals surface area contributed by atoms with Crippen LogP contribution in [0.2, 0.25) is 0 Å². The van der Waals surface area contributed by atoms with Crippen LogP contribution in [-0.2, 0) is 11.2 Å². The van der Waals surface area contributed by atoms with Crippen molar-refractivity contribution in [2.75, 3.05) is 46.8 Å². The van der Waals surface area contributed by atoms with Crippen LogP contribution in [0.4, 0.5) is 4.79 Å². The molecule has 0 aliphatic rings. The van der Waals surface area contributed by atoms with Crippen molar-refractivity contribution in [2.24, 2.45) is 4.99 Å². The molecule has 188 valence electrons.